The third-order valence-electron chi connectivity index (χ3n) is 4.01. The molecule has 1 heterocycles. The maximum absolute atomic E-state index is 13.4. The zero-order valence-corrected chi connectivity index (χ0v) is 14.5. The molecule has 0 radical (unpaired) electrons. The molecule has 1 aliphatic heterocycles. The van der Waals surface area contributed by atoms with Gasteiger partial charge in [0.1, 0.15) is 11.4 Å². The maximum Gasteiger partial charge on any atom is 0.407 e. The van der Waals surface area contributed by atoms with Crippen molar-refractivity contribution in [1.29, 1.82) is 0 Å². The van der Waals surface area contributed by atoms with Crippen LogP contribution in [-0.2, 0) is 11.3 Å². The second-order valence-electron chi connectivity index (χ2n) is 7.27. The lowest BCUT2D eigenvalue weighted by Gasteiger charge is -2.33. The summed E-state index contributed by atoms with van der Waals surface area (Å²) in [5.41, 5.74) is 1.67. The van der Waals surface area contributed by atoms with Gasteiger partial charge in [-0.05, 0) is 63.8 Å². The predicted molar refractivity (Wildman–Crippen MR) is 88.8 cm³/mol. The number of nitrogens with one attached hydrogen (secondary N) is 1. The lowest BCUT2D eigenvalue weighted by molar-refractivity contribution is 0.0477. The van der Waals surface area contributed by atoms with Crippen LogP contribution in [-0.4, -0.2) is 35.7 Å². The number of aryl methyl sites for hydroxylation is 1. The lowest BCUT2D eigenvalue weighted by Crippen LogP contribution is -2.45. The van der Waals surface area contributed by atoms with Crippen molar-refractivity contribution < 1.29 is 13.9 Å². The molecular weight excluding hydrogens is 295 g/mol. The normalized spacial score (nSPS) is 17.1. The number of rotatable bonds is 3. The third-order valence-corrected chi connectivity index (χ3v) is 4.01. The summed E-state index contributed by atoms with van der Waals surface area (Å²) in [6, 6.07) is 5.08. The van der Waals surface area contributed by atoms with Crippen molar-refractivity contribution in [2.45, 2.75) is 58.7 Å². The van der Waals surface area contributed by atoms with E-state index in [1.807, 2.05) is 33.8 Å². The monoisotopic (exact) mass is 322 g/mol. The van der Waals surface area contributed by atoms with E-state index in [9.17, 15) is 9.18 Å². The molecule has 0 aromatic heterocycles. The zero-order chi connectivity index (χ0) is 17.0. The van der Waals surface area contributed by atoms with Crippen LogP contribution in [0.25, 0.3) is 0 Å². The number of piperidine rings is 1. The van der Waals surface area contributed by atoms with Crippen LogP contribution in [0, 0.1) is 12.7 Å². The highest BCUT2D eigenvalue weighted by Gasteiger charge is 2.23. The quantitative estimate of drug-likeness (QED) is 0.924. The Morgan fingerprint density at radius 2 is 2.00 bits per heavy atom. The van der Waals surface area contributed by atoms with Crippen LogP contribution >= 0.6 is 0 Å². The summed E-state index contributed by atoms with van der Waals surface area (Å²) in [6.45, 7) is 10.1. The van der Waals surface area contributed by atoms with E-state index in [4.69, 9.17) is 4.74 Å². The molecule has 0 saturated carbocycles. The number of ether oxygens (including phenoxy) is 1. The number of amides is 1. The summed E-state index contributed by atoms with van der Waals surface area (Å²) in [7, 11) is 0. The van der Waals surface area contributed by atoms with Gasteiger partial charge in [0.25, 0.3) is 0 Å². The van der Waals surface area contributed by atoms with Crippen molar-refractivity contribution in [3.63, 3.8) is 0 Å². The van der Waals surface area contributed by atoms with Gasteiger partial charge in [-0.25, -0.2) is 9.18 Å². The topological polar surface area (TPSA) is 41.6 Å². The van der Waals surface area contributed by atoms with E-state index in [-0.39, 0.29) is 18.0 Å². The summed E-state index contributed by atoms with van der Waals surface area (Å²) in [5, 5.41) is 2.93. The highest BCUT2D eigenvalue weighted by Crippen LogP contribution is 2.17. The van der Waals surface area contributed by atoms with Gasteiger partial charge in [0.05, 0.1) is 0 Å². The first-order valence-corrected chi connectivity index (χ1v) is 8.20. The van der Waals surface area contributed by atoms with Gasteiger partial charge in [0.2, 0.25) is 0 Å². The van der Waals surface area contributed by atoms with Gasteiger partial charge in [-0.2, -0.15) is 0 Å². The van der Waals surface area contributed by atoms with Gasteiger partial charge >= 0.3 is 6.09 Å². The minimum Gasteiger partial charge on any atom is -0.444 e. The molecule has 23 heavy (non-hydrogen) atoms. The summed E-state index contributed by atoms with van der Waals surface area (Å²) in [4.78, 5) is 14.1. The molecular formula is C18H27FN2O2. The Bertz CT molecular complexity index is 546. The second-order valence-corrected chi connectivity index (χ2v) is 7.27. The van der Waals surface area contributed by atoms with E-state index < -0.39 is 5.60 Å². The Hall–Kier alpha value is -1.62. The van der Waals surface area contributed by atoms with Crippen molar-refractivity contribution >= 4 is 6.09 Å². The van der Waals surface area contributed by atoms with E-state index in [0.29, 0.717) is 0 Å². The number of nitrogens with zero attached hydrogens (tertiary/aromatic N) is 1. The molecule has 128 valence electrons. The van der Waals surface area contributed by atoms with E-state index in [2.05, 4.69) is 10.2 Å². The van der Waals surface area contributed by atoms with E-state index in [1.165, 1.54) is 6.07 Å². The molecule has 0 spiro atoms. The SMILES string of the molecule is Cc1ccc(F)cc1CN1CCC(NC(=O)OC(C)(C)C)CC1. The third kappa shape index (κ3) is 5.82. The molecule has 0 atom stereocenters. The van der Waals surface area contributed by atoms with Crippen molar-refractivity contribution in [3.05, 3.63) is 35.1 Å². The summed E-state index contributed by atoms with van der Waals surface area (Å²) < 4.78 is 18.6. The number of carbonyl (C=O) groups is 1. The Balaban J connectivity index is 1.80. The molecule has 2 rings (SSSR count). The van der Waals surface area contributed by atoms with Gasteiger partial charge in [-0.15, -0.1) is 0 Å². The lowest BCUT2D eigenvalue weighted by atomic mass is 10.0. The number of carbonyl (C=O) groups excluding carboxylic acids is 1. The van der Waals surface area contributed by atoms with Gasteiger partial charge in [0.15, 0.2) is 0 Å². The molecule has 5 heteroatoms. The van der Waals surface area contributed by atoms with Crippen molar-refractivity contribution in [3.8, 4) is 0 Å². The van der Waals surface area contributed by atoms with E-state index >= 15 is 0 Å². The Morgan fingerprint density at radius 3 is 2.61 bits per heavy atom. The molecule has 1 saturated heterocycles. The van der Waals surface area contributed by atoms with Gasteiger partial charge in [0, 0.05) is 25.7 Å². The summed E-state index contributed by atoms with van der Waals surface area (Å²) >= 11 is 0. The fraction of sp³-hybridized carbons (Fsp3) is 0.611. The first-order valence-electron chi connectivity index (χ1n) is 8.20. The number of likely N-dealkylation sites (tertiary alicyclic amines) is 1. The number of benzene rings is 1. The highest BCUT2D eigenvalue weighted by atomic mass is 19.1. The van der Waals surface area contributed by atoms with Crippen LogP contribution in [0.3, 0.4) is 0 Å². The number of halogens is 1. The predicted octanol–water partition coefficient (Wildman–Crippen LogP) is 3.62. The molecule has 0 bridgehead atoms. The van der Waals surface area contributed by atoms with Gasteiger partial charge in [-0.3, -0.25) is 4.90 Å². The second kappa shape index (κ2) is 7.30. The fourth-order valence-corrected chi connectivity index (χ4v) is 2.76. The smallest absolute Gasteiger partial charge is 0.407 e. The summed E-state index contributed by atoms with van der Waals surface area (Å²) in [5.74, 6) is -0.188. The average molecular weight is 322 g/mol. The molecule has 1 fully saturated rings. The molecule has 0 aliphatic carbocycles. The summed E-state index contributed by atoms with van der Waals surface area (Å²) in [6.07, 6.45) is 1.42. The van der Waals surface area contributed by atoms with Gasteiger partial charge < -0.3 is 10.1 Å². The minimum absolute atomic E-state index is 0.148. The average Bonchev–Trinajstić information content (AvgIpc) is 2.43. The minimum atomic E-state index is -0.473. The van der Waals surface area contributed by atoms with Crippen molar-refractivity contribution in [2.24, 2.45) is 0 Å². The Morgan fingerprint density at radius 1 is 1.35 bits per heavy atom. The standard InChI is InChI=1S/C18H27FN2O2/c1-13-5-6-15(19)11-14(13)12-21-9-7-16(8-10-21)20-17(22)23-18(2,3)4/h5-6,11,16H,7-10,12H2,1-4H3,(H,20,22). The van der Waals surface area contributed by atoms with Crippen LogP contribution < -0.4 is 5.32 Å². The molecule has 0 unspecified atom stereocenters. The van der Waals surface area contributed by atoms with Crippen LogP contribution in [0.2, 0.25) is 0 Å². The molecule has 1 aromatic carbocycles. The van der Waals surface area contributed by atoms with Crippen LogP contribution in [0.1, 0.15) is 44.7 Å². The van der Waals surface area contributed by atoms with E-state index in [0.717, 1.165) is 43.6 Å². The first-order chi connectivity index (χ1) is 10.7. The zero-order valence-electron chi connectivity index (χ0n) is 14.5. The highest BCUT2D eigenvalue weighted by molar-refractivity contribution is 5.68. The molecule has 1 amide bonds. The van der Waals surface area contributed by atoms with Crippen LogP contribution in [0.4, 0.5) is 9.18 Å². The molecule has 1 aromatic rings. The number of hydrogen-bond acceptors (Lipinski definition) is 3. The maximum atomic E-state index is 13.4. The largest absolute Gasteiger partial charge is 0.444 e. The van der Waals surface area contributed by atoms with E-state index in [1.54, 1.807) is 6.07 Å². The molecule has 4 nitrogen and oxygen atoms in total. The Labute approximate surface area is 138 Å². The number of alkyl carbamates (subject to hydrolysis) is 1. The van der Waals surface area contributed by atoms with Gasteiger partial charge in [-0.1, -0.05) is 6.07 Å². The van der Waals surface area contributed by atoms with Crippen LogP contribution in [0.15, 0.2) is 18.2 Å². The number of hydrogen-bond donors (Lipinski definition) is 1. The van der Waals surface area contributed by atoms with Crippen LogP contribution in [0.5, 0.6) is 0 Å². The fourth-order valence-electron chi connectivity index (χ4n) is 2.76. The first kappa shape index (κ1) is 17.7. The van der Waals surface area contributed by atoms with Crippen molar-refractivity contribution in [2.75, 3.05) is 13.1 Å². The van der Waals surface area contributed by atoms with Crippen molar-refractivity contribution in [1.82, 2.24) is 10.2 Å². The molecule has 1 N–H and O–H groups in total. The Kier molecular flexibility index (Phi) is 5.63. The molecule has 1 aliphatic rings.